The highest BCUT2D eigenvalue weighted by Crippen LogP contribution is 2.18. The van der Waals surface area contributed by atoms with Crippen LogP contribution in [0.4, 0.5) is 0 Å². The van der Waals surface area contributed by atoms with Crippen molar-refractivity contribution in [1.29, 1.82) is 0 Å². The van der Waals surface area contributed by atoms with Gasteiger partial charge >= 0.3 is 11.9 Å². The Kier molecular flexibility index (Phi) is 4.91. The van der Waals surface area contributed by atoms with Gasteiger partial charge in [-0.3, -0.25) is 4.79 Å². The van der Waals surface area contributed by atoms with Crippen molar-refractivity contribution in [2.45, 2.75) is 26.3 Å². The Hall–Kier alpha value is -1.43. The SMILES string of the molecule is CCOC(=O)C(=O)NC(CC)c1nccs1. The minimum Gasteiger partial charge on any atom is -0.459 e. The molecule has 1 aromatic heterocycles. The Bertz CT molecular complexity index is 351. The van der Waals surface area contributed by atoms with Crippen molar-refractivity contribution in [2.24, 2.45) is 0 Å². The third kappa shape index (κ3) is 3.30. The number of amides is 1. The second kappa shape index (κ2) is 6.22. The first-order valence-electron chi connectivity index (χ1n) is 5.06. The van der Waals surface area contributed by atoms with E-state index in [9.17, 15) is 9.59 Å². The van der Waals surface area contributed by atoms with Crippen LogP contribution in [-0.2, 0) is 14.3 Å². The van der Waals surface area contributed by atoms with Gasteiger partial charge in [0, 0.05) is 11.6 Å². The number of hydrogen-bond donors (Lipinski definition) is 1. The summed E-state index contributed by atoms with van der Waals surface area (Å²) in [5.74, 6) is -1.57. The number of rotatable bonds is 4. The third-order valence-electron chi connectivity index (χ3n) is 1.92. The van der Waals surface area contributed by atoms with Gasteiger partial charge in [0.1, 0.15) is 5.01 Å². The van der Waals surface area contributed by atoms with Crippen LogP contribution in [0.15, 0.2) is 11.6 Å². The normalized spacial score (nSPS) is 11.9. The monoisotopic (exact) mass is 242 g/mol. The van der Waals surface area contributed by atoms with Gasteiger partial charge in [0.05, 0.1) is 12.6 Å². The lowest BCUT2D eigenvalue weighted by atomic mass is 10.2. The molecule has 0 aromatic carbocycles. The molecule has 0 saturated carbocycles. The maximum absolute atomic E-state index is 11.4. The molecule has 0 saturated heterocycles. The molecule has 1 rings (SSSR count). The summed E-state index contributed by atoms with van der Waals surface area (Å²) in [6, 6.07) is -0.225. The van der Waals surface area contributed by atoms with E-state index in [1.165, 1.54) is 11.3 Å². The molecule has 0 fully saturated rings. The molecule has 1 atom stereocenters. The quantitative estimate of drug-likeness (QED) is 0.637. The first-order chi connectivity index (χ1) is 7.69. The molecular weight excluding hydrogens is 228 g/mol. The number of nitrogens with zero attached hydrogens (tertiary/aromatic N) is 1. The number of thiazole rings is 1. The molecule has 0 aliphatic heterocycles. The molecule has 0 bridgehead atoms. The number of carbonyl (C=O) groups is 2. The zero-order chi connectivity index (χ0) is 12.0. The minimum absolute atomic E-state index is 0.195. The van der Waals surface area contributed by atoms with Crippen molar-refractivity contribution < 1.29 is 14.3 Å². The molecular formula is C10H14N2O3S. The van der Waals surface area contributed by atoms with Crippen LogP contribution in [0.25, 0.3) is 0 Å². The van der Waals surface area contributed by atoms with Crippen LogP contribution in [0.2, 0.25) is 0 Å². The van der Waals surface area contributed by atoms with E-state index in [1.54, 1.807) is 13.1 Å². The summed E-state index contributed by atoms with van der Waals surface area (Å²) >= 11 is 1.44. The Balaban J connectivity index is 2.57. The van der Waals surface area contributed by atoms with E-state index in [0.717, 1.165) is 5.01 Å². The first kappa shape index (κ1) is 12.6. The molecule has 16 heavy (non-hydrogen) atoms. The van der Waals surface area contributed by atoms with Crippen molar-refractivity contribution in [2.75, 3.05) is 6.61 Å². The van der Waals surface area contributed by atoms with E-state index in [-0.39, 0.29) is 12.6 Å². The van der Waals surface area contributed by atoms with Gasteiger partial charge < -0.3 is 10.1 Å². The van der Waals surface area contributed by atoms with Crippen LogP contribution in [0.5, 0.6) is 0 Å². The Morgan fingerprint density at radius 2 is 2.31 bits per heavy atom. The minimum atomic E-state index is -0.850. The fourth-order valence-electron chi connectivity index (χ4n) is 1.16. The van der Waals surface area contributed by atoms with E-state index in [0.29, 0.717) is 6.42 Å². The summed E-state index contributed by atoms with van der Waals surface area (Å²) in [4.78, 5) is 26.6. The van der Waals surface area contributed by atoms with E-state index in [1.807, 2.05) is 12.3 Å². The molecule has 0 aliphatic rings. The Morgan fingerprint density at radius 3 is 2.81 bits per heavy atom. The van der Waals surface area contributed by atoms with E-state index >= 15 is 0 Å². The highest BCUT2D eigenvalue weighted by atomic mass is 32.1. The number of esters is 1. The molecule has 6 heteroatoms. The molecule has 1 N–H and O–H groups in total. The fourth-order valence-corrected chi connectivity index (χ4v) is 1.93. The van der Waals surface area contributed by atoms with Crippen molar-refractivity contribution in [1.82, 2.24) is 10.3 Å². The summed E-state index contributed by atoms with van der Waals surface area (Å²) < 4.78 is 4.60. The highest BCUT2D eigenvalue weighted by Gasteiger charge is 2.20. The number of ether oxygens (including phenoxy) is 1. The van der Waals surface area contributed by atoms with Gasteiger partial charge in [0.2, 0.25) is 0 Å². The van der Waals surface area contributed by atoms with Gasteiger partial charge in [0.15, 0.2) is 0 Å². The molecule has 88 valence electrons. The van der Waals surface area contributed by atoms with E-state index in [2.05, 4.69) is 15.0 Å². The van der Waals surface area contributed by atoms with Crippen LogP contribution in [0.3, 0.4) is 0 Å². The molecule has 1 amide bonds. The average Bonchev–Trinajstić information content (AvgIpc) is 2.79. The maximum Gasteiger partial charge on any atom is 0.396 e. The van der Waals surface area contributed by atoms with Gasteiger partial charge in [-0.15, -0.1) is 11.3 Å². The van der Waals surface area contributed by atoms with Crippen molar-refractivity contribution in [3.05, 3.63) is 16.6 Å². The predicted octanol–water partition coefficient (Wildman–Crippen LogP) is 1.27. The lowest BCUT2D eigenvalue weighted by molar-refractivity contribution is -0.154. The number of hydrogen-bond acceptors (Lipinski definition) is 5. The Labute approximate surface area is 97.8 Å². The molecule has 0 spiro atoms. The average molecular weight is 242 g/mol. The summed E-state index contributed by atoms with van der Waals surface area (Å²) in [6.45, 7) is 3.76. The van der Waals surface area contributed by atoms with Crippen LogP contribution < -0.4 is 5.32 Å². The summed E-state index contributed by atoms with van der Waals surface area (Å²) in [5, 5.41) is 5.21. The van der Waals surface area contributed by atoms with Crippen LogP contribution in [-0.4, -0.2) is 23.5 Å². The summed E-state index contributed by atoms with van der Waals surface area (Å²) in [6.07, 6.45) is 2.35. The molecule has 1 aromatic rings. The first-order valence-corrected chi connectivity index (χ1v) is 5.94. The largest absolute Gasteiger partial charge is 0.459 e. The molecule has 0 aliphatic carbocycles. The van der Waals surface area contributed by atoms with Crippen molar-refractivity contribution in [3.8, 4) is 0 Å². The lowest BCUT2D eigenvalue weighted by Gasteiger charge is -2.13. The van der Waals surface area contributed by atoms with Gasteiger partial charge in [-0.05, 0) is 13.3 Å². The fraction of sp³-hybridized carbons (Fsp3) is 0.500. The highest BCUT2D eigenvalue weighted by molar-refractivity contribution is 7.09. The second-order valence-corrected chi connectivity index (χ2v) is 3.95. The van der Waals surface area contributed by atoms with E-state index in [4.69, 9.17) is 0 Å². The molecule has 5 nitrogen and oxygen atoms in total. The second-order valence-electron chi connectivity index (χ2n) is 3.03. The lowest BCUT2D eigenvalue weighted by Crippen LogP contribution is -2.35. The zero-order valence-corrected chi connectivity index (χ0v) is 10.0. The summed E-state index contributed by atoms with van der Waals surface area (Å²) in [5.41, 5.74) is 0. The van der Waals surface area contributed by atoms with Gasteiger partial charge in [-0.25, -0.2) is 9.78 Å². The number of carbonyl (C=O) groups excluding carboxylic acids is 2. The van der Waals surface area contributed by atoms with Crippen LogP contribution in [0.1, 0.15) is 31.3 Å². The van der Waals surface area contributed by atoms with Crippen molar-refractivity contribution in [3.63, 3.8) is 0 Å². The number of aromatic nitrogens is 1. The zero-order valence-electron chi connectivity index (χ0n) is 9.23. The molecule has 1 unspecified atom stereocenters. The standard InChI is InChI=1S/C10H14N2O3S/c1-3-7(9-11-5-6-16-9)12-8(13)10(14)15-4-2/h5-7H,3-4H2,1-2H3,(H,12,13). The van der Waals surface area contributed by atoms with Crippen LogP contribution in [0, 0.1) is 0 Å². The molecule has 0 radical (unpaired) electrons. The summed E-state index contributed by atoms with van der Waals surface area (Å²) in [7, 11) is 0. The van der Waals surface area contributed by atoms with E-state index < -0.39 is 11.9 Å². The predicted molar refractivity (Wildman–Crippen MR) is 59.9 cm³/mol. The maximum atomic E-state index is 11.4. The van der Waals surface area contributed by atoms with Gasteiger partial charge in [0.25, 0.3) is 0 Å². The third-order valence-corrected chi connectivity index (χ3v) is 2.81. The molecule has 1 heterocycles. The van der Waals surface area contributed by atoms with Gasteiger partial charge in [-0.2, -0.15) is 0 Å². The van der Waals surface area contributed by atoms with Crippen LogP contribution >= 0.6 is 11.3 Å². The number of nitrogens with one attached hydrogen (secondary N) is 1. The topological polar surface area (TPSA) is 68.3 Å². The Morgan fingerprint density at radius 1 is 1.56 bits per heavy atom. The smallest absolute Gasteiger partial charge is 0.396 e. The van der Waals surface area contributed by atoms with Gasteiger partial charge in [-0.1, -0.05) is 6.92 Å². The van der Waals surface area contributed by atoms with Crippen molar-refractivity contribution >= 4 is 23.2 Å².